The van der Waals surface area contributed by atoms with Crippen molar-refractivity contribution in [2.45, 2.75) is 57.8 Å². The van der Waals surface area contributed by atoms with Crippen molar-refractivity contribution in [3.8, 4) is 5.75 Å². The van der Waals surface area contributed by atoms with Gasteiger partial charge < -0.3 is 19.8 Å². The second kappa shape index (κ2) is 11.3. The average Bonchev–Trinajstić information content (AvgIpc) is 2.73. The van der Waals surface area contributed by atoms with E-state index in [2.05, 4.69) is 40.7 Å². The summed E-state index contributed by atoms with van der Waals surface area (Å²) in [5, 5.41) is 18.6. The molecule has 2 N–H and O–H groups in total. The molecule has 0 aliphatic carbocycles. The Balaban J connectivity index is 1.56. The van der Waals surface area contributed by atoms with E-state index in [9.17, 15) is 5.11 Å². The van der Waals surface area contributed by atoms with E-state index >= 15 is 0 Å². The van der Waals surface area contributed by atoms with Gasteiger partial charge in [-0.15, -0.1) is 0 Å². The normalized spacial score (nSPS) is 23.0. The van der Waals surface area contributed by atoms with Crippen LogP contribution in [0, 0.1) is 0 Å². The third kappa shape index (κ3) is 6.40. The summed E-state index contributed by atoms with van der Waals surface area (Å²) in [4.78, 5) is 7.77. The molecule has 1 aromatic carbocycles. The lowest BCUT2D eigenvalue weighted by molar-refractivity contribution is -0.0000439. The molecule has 2 fully saturated rings. The minimum absolute atomic E-state index is 0.0329. The smallest absolute Gasteiger partial charge is 0.119 e. The largest absolute Gasteiger partial charge is 0.491 e. The number of hydrogen-bond donors (Lipinski definition) is 2. The molecule has 164 valence electrons. The number of benzene rings is 1. The van der Waals surface area contributed by atoms with Crippen LogP contribution in [-0.4, -0.2) is 95.6 Å². The van der Waals surface area contributed by atoms with Crippen molar-refractivity contribution >= 4 is 0 Å². The monoisotopic (exact) mass is 405 g/mol. The second-order valence-electron chi connectivity index (χ2n) is 8.72. The number of likely N-dealkylation sites (tertiary alicyclic amines) is 1. The van der Waals surface area contributed by atoms with Crippen molar-refractivity contribution < 1.29 is 14.9 Å². The highest BCUT2D eigenvalue weighted by Crippen LogP contribution is 2.25. The Labute approximate surface area is 176 Å². The fourth-order valence-corrected chi connectivity index (χ4v) is 4.85. The molecule has 2 aliphatic rings. The molecule has 6 heteroatoms. The first kappa shape index (κ1) is 22.5. The molecule has 0 bridgehead atoms. The lowest BCUT2D eigenvalue weighted by atomic mass is 9.97. The maximum Gasteiger partial charge on any atom is 0.119 e. The highest BCUT2D eigenvalue weighted by molar-refractivity contribution is 5.28. The number of aliphatic hydroxyl groups is 2. The number of piperazine rings is 1. The number of ether oxygens (including phenoxy) is 1. The summed E-state index contributed by atoms with van der Waals surface area (Å²) in [5.41, 5.74) is 1.24. The van der Waals surface area contributed by atoms with Gasteiger partial charge in [-0.25, -0.2) is 0 Å². The first-order valence-corrected chi connectivity index (χ1v) is 11.3. The zero-order valence-electron chi connectivity index (χ0n) is 18.2. The van der Waals surface area contributed by atoms with E-state index in [-0.39, 0.29) is 13.2 Å². The Morgan fingerprint density at radius 3 is 2.55 bits per heavy atom. The molecule has 2 aliphatic heterocycles. The number of aliphatic hydroxyl groups excluding tert-OH is 2. The predicted molar refractivity (Wildman–Crippen MR) is 116 cm³/mol. The van der Waals surface area contributed by atoms with Crippen LogP contribution in [-0.2, 0) is 6.54 Å². The molecule has 29 heavy (non-hydrogen) atoms. The Bertz CT molecular complexity index is 605. The fourth-order valence-electron chi connectivity index (χ4n) is 4.85. The number of rotatable bonds is 9. The lowest BCUT2D eigenvalue weighted by Crippen LogP contribution is -2.58. The van der Waals surface area contributed by atoms with Gasteiger partial charge >= 0.3 is 0 Å². The van der Waals surface area contributed by atoms with E-state index in [0.29, 0.717) is 24.7 Å². The van der Waals surface area contributed by atoms with Gasteiger partial charge in [-0.05, 0) is 63.9 Å². The van der Waals surface area contributed by atoms with Crippen LogP contribution in [0.3, 0.4) is 0 Å². The molecule has 2 saturated heterocycles. The van der Waals surface area contributed by atoms with E-state index in [1.54, 1.807) is 0 Å². The van der Waals surface area contributed by atoms with E-state index in [1.165, 1.54) is 31.5 Å². The SMILES string of the molecule is CC(C)N1CCC(N2CCN(Cc3cccc(OCCO)c3)C[C@H]2CCO)CC1. The number of nitrogens with zero attached hydrogens (tertiary/aromatic N) is 3. The summed E-state index contributed by atoms with van der Waals surface area (Å²) in [5.74, 6) is 0.819. The molecular formula is C23H39N3O3. The molecule has 0 spiro atoms. The average molecular weight is 406 g/mol. The van der Waals surface area contributed by atoms with Crippen molar-refractivity contribution in [2.24, 2.45) is 0 Å². The fraction of sp³-hybridized carbons (Fsp3) is 0.739. The van der Waals surface area contributed by atoms with E-state index < -0.39 is 0 Å². The van der Waals surface area contributed by atoms with Crippen LogP contribution in [0.5, 0.6) is 5.75 Å². The van der Waals surface area contributed by atoms with Gasteiger partial charge in [0, 0.05) is 50.9 Å². The van der Waals surface area contributed by atoms with Gasteiger partial charge in [-0.1, -0.05) is 12.1 Å². The Kier molecular flexibility index (Phi) is 8.75. The van der Waals surface area contributed by atoms with Crippen LogP contribution in [0.15, 0.2) is 24.3 Å². The molecule has 1 aromatic rings. The van der Waals surface area contributed by atoms with Gasteiger partial charge in [0.05, 0.1) is 6.61 Å². The summed E-state index contributed by atoms with van der Waals surface area (Å²) in [6.07, 6.45) is 3.33. The van der Waals surface area contributed by atoms with Gasteiger partial charge in [-0.3, -0.25) is 9.80 Å². The Morgan fingerprint density at radius 2 is 1.86 bits per heavy atom. The Hall–Kier alpha value is -1.18. The first-order valence-electron chi connectivity index (χ1n) is 11.3. The van der Waals surface area contributed by atoms with Crippen LogP contribution >= 0.6 is 0 Å². The summed E-state index contributed by atoms with van der Waals surface area (Å²) < 4.78 is 5.55. The minimum atomic E-state index is 0.0329. The van der Waals surface area contributed by atoms with Crippen LogP contribution in [0.25, 0.3) is 0 Å². The number of piperidine rings is 1. The molecular weight excluding hydrogens is 366 g/mol. The third-order valence-electron chi connectivity index (χ3n) is 6.44. The van der Waals surface area contributed by atoms with Gasteiger partial charge in [0.1, 0.15) is 12.4 Å². The van der Waals surface area contributed by atoms with Crippen LogP contribution in [0.1, 0.15) is 38.7 Å². The standard InChI is InChI=1S/C23H39N3O3/c1-19(2)25-9-6-21(7-10-25)26-12-11-24(18-22(26)8-13-27)17-20-4-3-5-23(16-20)29-15-14-28/h3-5,16,19,21-22,27-28H,6-15,17-18H2,1-2H3/t22-/m1/s1. The maximum absolute atomic E-state index is 9.65. The molecule has 0 unspecified atom stereocenters. The van der Waals surface area contributed by atoms with Crippen LogP contribution in [0.4, 0.5) is 0 Å². The minimum Gasteiger partial charge on any atom is -0.491 e. The van der Waals surface area contributed by atoms with Gasteiger partial charge in [-0.2, -0.15) is 0 Å². The summed E-state index contributed by atoms with van der Waals surface area (Å²) in [6, 6.07) is 9.89. The molecule has 6 nitrogen and oxygen atoms in total. The van der Waals surface area contributed by atoms with Crippen molar-refractivity contribution in [1.82, 2.24) is 14.7 Å². The van der Waals surface area contributed by atoms with Crippen molar-refractivity contribution in [3.05, 3.63) is 29.8 Å². The predicted octanol–water partition coefficient (Wildman–Crippen LogP) is 1.80. The van der Waals surface area contributed by atoms with Crippen LogP contribution < -0.4 is 4.74 Å². The third-order valence-corrected chi connectivity index (χ3v) is 6.44. The Morgan fingerprint density at radius 1 is 1.07 bits per heavy atom. The van der Waals surface area contributed by atoms with Crippen molar-refractivity contribution in [3.63, 3.8) is 0 Å². The van der Waals surface area contributed by atoms with Crippen LogP contribution in [0.2, 0.25) is 0 Å². The van der Waals surface area contributed by atoms with E-state index in [0.717, 1.165) is 38.3 Å². The van der Waals surface area contributed by atoms with Crippen molar-refractivity contribution in [1.29, 1.82) is 0 Å². The molecule has 3 rings (SSSR count). The first-order chi connectivity index (χ1) is 14.1. The molecule has 0 amide bonds. The second-order valence-corrected chi connectivity index (χ2v) is 8.72. The lowest BCUT2D eigenvalue weighted by Gasteiger charge is -2.48. The van der Waals surface area contributed by atoms with E-state index in [4.69, 9.17) is 9.84 Å². The van der Waals surface area contributed by atoms with Gasteiger partial charge in [0.2, 0.25) is 0 Å². The van der Waals surface area contributed by atoms with Gasteiger partial charge in [0.25, 0.3) is 0 Å². The molecule has 2 heterocycles. The molecule has 1 atom stereocenters. The topological polar surface area (TPSA) is 59.4 Å². The van der Waals surface area contributed by atoms with Gasteiger partial charge in [0.15, 0.2) is 0 Å². The molecule has 0 aromatic heterocycles. The summed E-state index contributed by atoms with van der Waals surface area (Å²) in [7, 11) is 0. The zero-order chi connectivity index (χ0) is 20.6. The zero-order valence-corrected chi connectivity index (χ0v) is 18.2. The molecule has 0 radical (unpaired) electrons. The number of hydrogen-bond acceptors (Lipinski definition) is 6. The summed E-state index contributed by atoms with van der Waals surface area (Å²) in [6.45, 7) is 11.6. The highest BCUT2D eigenvalue weighted by Gasteiger charge is 2.33. The summed E-state index contributed by atoms with van der Waals surface area (Å²) >= 11 is 0. The quantitative estimate of drug-likeness (QED) is 0.653. The van der Waals surface area contributed by atoms with E-state index in [1.807, 2.05) is 12.1 Å². The maximum atomic E-state index is 9.65. The van der Waals surface area contributed by atoms with Crippen molar-refractivity contribution in [2.75, 3.05) is 52.5 Å². The molecule has 0 saturated carbocycles. The highest BCUT2D eigenvalue weighted by atomic mass is 16.5.